The van der Waals surface area contributed by atoms with Gasteiger partial charge in [0.2, 0.25) is 5.91 Å². The Labute approximate surface area is 114 Å². The molecule has 104 valence electrons. The van der Waals surface area contributed by atoms with Crippen LogP contribution < -0.4 is 16.0 Å². The largest absolute Gasteiger partial charge is 0.355 e. The first-order valence-electron chi connectivity index (χ1n) is 6.64. The lowest BCUT2D eigenvalue weighted by atomic mass is 9.96. The summed E-state index contributed by atoms with van der Waals surface area (Å²) in [6.45, 7) is 0.938. The monoisotopic (exact) mass is 273 g/mol. The molecule has 0 aromatic carbocycles. The zero-order valence-electron chi connectivity index (χ0n) is 10.7. The number of hydrogen-bond donors (Lipinski definition) is 4. The third kappa shape index (κ3) is 6.74. The van der Waals surface area contributed by atoms with Gasteiger partial charge in [0.1, 0.15) is 0 Å². The second kappa shape index (κ2) is 9.08. The molecule has 0 aromatic rings. The van der Waals surface area contributed by atoms with Crippen LogP contribution in [0.25, 0.3) is 0 Å². The van der Waals surface area contributed by atoms with E-state index in [2.05, 4.69) is 28.6 Å². The van der Waals surface area contributed by atoms with Gasteiger partial charge in [-0.3, -0.25) is 4.79 Å². The van der Waals surface area contributed by atoms with Gasteiger partial charge in [0.15, 0.2) is 0 Å². The highest BCUT2D eigenvalue weighted by atomic mass is 32.1. The van der Waals surface area contributed by atoms with Gasteiger partial charge in [0.05, 0.1) is 0 Å². The summed E-state index contributed by atoms with van der Waals surface area (Å²) < 4.78 is 0. The van der Waals surface area contributed by atoms with Crippen molar-refractivity contribution in [3.8, 4) is 0 Å². The molecule has 1 fully saturated rings. The van der Waals surface area contributed by atoms with E-state index in [0.29, 0.717) is 31.3 Å². The second-order valence-corrected chi connectivity index (χ2v) is 5.01. The summed E-state index contributed by atoms with van der Waals surface area (Å²) in [7, 11) is 0. The topological polar surface area (TPSA) is 70.2 Å². The molecule has 0 atom stereocenters. The molecule has 0 heterocycles. The fraction of sp³-hybridized carbons (Fsp3) is 0.833. The molecule has 1 rings (SSSR count). The highest BCUT2D eigenvalue weighted by Crippen LogP contribution is 2.16. The molecule has 0 aromatic heterocycles. The van der Waals surface area contributed by atoms with E-state index in [9.17, 15) is 9.59 Å². The van der Waals surface area contributed by atoms with Crippen molar-refractivity contribution in [1.29, 1.82) is 0 Å². The SMILES string of the molecule is O=C(CCNC(=O)NC1CCCCC1)NCCS. The van der Waals surface area contributed by atoms with Crippen LogP contribution in [0, 0.1) is 0 Å². The lowest BCUT2D eigenvalue weighted by molar-refractivity contribution is -0.120. The number of carbonyl (C=O) groups excluding carboxylic acids is 2. The first-order valence-corrected chi connectivity index (χ1v) is 7.27. The minimum absolute atomic E-state index is 0.0537. The number of urea groups is 1. The van der Waals surface area contributed by atoms with E-state index in [4.69, 9.17) is 0 Å². The number of nitrogens with one attached hydrogen (secondary N) is 3. The van der Waals surface area contributed by atoms with E-state index in [1.807, 2.05) is 0 Å². The van der Waals surface area contributed by atoms with Crippen LogP contribution in [-0.2, 0) is 4.79 Å². The van der Waals surface area contributed by atoms with Gasteiger partial charge >= 0.3 is 6.03 Å². The van der Waals surface area contributed by atoms with Crippen molar-refractivity contribution >= 4 is 24.6 Å². The summed E-state index contributed by atoms with van der Waals surface area (Å²) in [5, 5.41) is 8.35. The molecule has 5 nitrogen and oxygen atoms in total. The van der Waals surface area contributed by atoms with Crippen LogP contribution >= 0.6 is 12.6 Å². The number of hydrogen-bond acceptors (Lipinski definition) is 3. The molecule has 18 heavy (non-hydrogen) atoms. The van der Waals surface area contributed by atoms with Gasteiger partial charge in [0.25, 0.3) is 0 Å². The summed E-state index contributed by atoms with van der Waals surface area (Å²) >= 11 is 4.00. The molecule has 0 radical (unpaired) electrons. The smallest absolute Gasteiger partial charge is 0.315 e. The van der Waals surface area contributed by atoms with Crippen LogP contribution in [-0.4, -0.2) is 36.8 Å². The zero-order valence-corrected chi connectivity index (χ0v) is 11.6. The van der Waals surface area contributed by atoms with Gasteiger partial charge in [0, 0.05) is 31.3 Å². The highest BCUT2D eigenvalue weighted by Gasteiger charge is 2.15. The Morgan fingerprint density at radius 2 is 1.78 bits per heavy atom. The lowest BCUT2D eigenvalue weighted by Gasteiger charge is -2.22. The van der Waals surface area contributed by atoms with E-state index in [1.165, 1.54) is 19.3 Å². The second-order valence-electron chi connectivity index (χ2n) is 4.56. The normalized spacial score (nSPS) is 16.1. The molecular weight excluding hydrogens is 250 g/mol. The van der Waals surface area contributed by atoms with E-state index in [-0.39, 0.29) is 11.9 Å². The standard InChI is InChI=1S/C12H23N3O2S/c16-11(13-8-9-18)6-7-14-12(17)15-10-4-2-1-3-5-10/h10,18H,1-9H2,(H,13,16)(H2,14,15,17). The average molecular weight is 273 g/mol. The van der Waals surface area contributed by atoms with Crippen molar-refractivity contribution in [2.45, 2.75) is 44.6 Å². The van der Waals surface area contributed by atoms with Crippen LogP contribution in [0.3, 0.4) is 0 Å². The third-order valence-corrected chi connectivity index (χ3v) is 3.24. The Hall–Kier alpha value is -0.910. The summed E-state index contributed by atoms with van der Waals surface area (Å²) in [5.74, 6) is 0.573. The van der Waals surface area contributed by atoms with Crippen LogP contribution in [0.5, 0.6) is 0 Å². The molecule has 0 aliphatic heterocycles. The molecule has 3 amide bonds. The van der Waals surface area contributed by atoms with Crippen molar-refractivity contribution in [2.24, 2.45) is 0 Å². The van der Waals surface area contributed by atoms with Crippen molar-refractivity contribution < 1.29 is 9.59 Å². The maximum Gasteiger partial charge on any atom is 0.315 e. The lowest BCUT2D eigenvalue weighted by Crippen LogP contribution is -2.43. The van der Waals surface area contributed by atoms with Gasteiger partial charge in [-0.15, -0.1) is 0 Å². The zero-order chi connectivity index (χ0) is 13.2. The maximum atomic E-state index is 11.5. The minimum atomic E-state index is -0.163. The minimum Gasteiger partial charge on any atom is -0.355 e. The number of rotatable bonds is 6. The summed E-state index contributed by atoms with van der Waals surface area (Å²) in [4.78, 5) is 22.8. The number of thiol groups is 1. The van der Waals surface area contributed by atoms with Crippen molar-refractivity contribution in [1.82, 2.24) is 16.0 Å². The molecule has 3 N–H and O–H groups in total. The van der Waals surface area contributed by atoms with Gasteiger partial charge < -0.3 is 16.0 Å². The predicted molar refractivity (Wildman–Crippen MR) is 74.9 cm³/mol. The van der Waals surface area contributed by atoms with Crippen molar-refractivity contribution in [3.63, 3.8) is 0 Å². The Bertz CT molecular complexity index is 268. The predicted octanol–water partition coefficient (Wildman–Crippen LogP) is 1.05. The summed E-state index contributed by atoms with van der Waals surface area (Å²) in [6.07, 6.45) is 6.09. The first-order chi connectivity index (χ1) is 8.72. The van der Waals surface area contributed by atoms with Gasteiger partial charge in [-0.25, -0.2) is 4.79 Å². The van der Waals surface area contributed by atoms with E-state index >= 15 is 0 Å². The maximum absolute atomic E-state index is 11.5. The van der Waals surface area contributed by atoms with E-state index in [1.54, 1.807) is 0 Å². The molecule has 0 saturated heterocycles. The van der Waals surface area contributed by atoms with Gasteiger partial charge in [-0.05, 0) is 12.8 Å². The Balaban J connectivity index is 2.04. The van der Waals surface area contributed by atoms with Crippen LogP contribution in [0.4, 0.5) is 4.79 Å². The molecule has 6 heteroatoms. The molecule has 0 bridgehead atoms. The molecule has 1 aliphatic rings. The summed E-state index contributed by atoms with van der Waals surface area (Å²) in [6, 6.07) is 0.139. The number of carbonyl (C=O) groups is 2. The molecular formula is C12H23N3O2S. The molecule has 1 saturated carbocycles. The third-order valence-electron chi connectivity index (χ3n) is 3.01. The van der Waals surface area contributed by atoms with Crippen LogP contribution in [0.15, 0.2) is 0 Å². The Morgan fingerprint density at radius 1 is 1.06 bits per heavy atom. The first kappa shape index (κ1) is 15.1. The van der Waals surface area contributed by atoms with Gasteiger partial charge in [-0.2, -0.15) is 12.6 Å². The fourth-order valence-corrected chi connectivity index (χ4v) is 2.17. The van der Waals surface area contributed by atoms with Gasteiger partial charge in [-0.1, -0.05) is 19.3 Å². The quantitative estimate of drug-likeness (QED) is 0.546. The molecule has 0 unspecified atom stereocenters. The van der Waals surface area contributed by atoms with E-state index < -0.39 is 0 Å². The van der Waals surface area contributed by atoms with Crippen molar-refractivity contribution in [2.75, 3.05) is 18.8 Å². The van der Waals surface area contributed by atoms with Crippen LogP contribution in [0.1, 0.15) is 38.5 Å². The van der Waals surface area contributed by atoms with Crippen LogP contribution in [0.2, 0.25) is 0 Å². The van der Waals surface area contributed by atoms with E-state index in [0.717, 1.165) is 12.8 Å². The number of amides is 3. The summed E-state index contributed by atoms with van der Waals surface area (Å²) in [5.41, 5.74) is 0. The molecule has 1 aliphatic carbocycles. The van der Waals surface area contributed by atoms with Crippen molar-refractivity contribution in [3.05, 3.63) is 0 Å². The Morgan fingerprint density at radius 3 is 2.44 bits per heavy atom. The fourth-order valence-electron chi connectivity index (χ4n) is 2.06. The molecule has 0 spiro atoms. The Kier molecular flexibility index (Phi) is 7.64. The highest BCUT2D eigenvalue weighted by molar-refractivity contribution is 7.80. The average Bonchev–Trinajstić information content (AvgIpc) is 2.37.